The van der Waals surface area contributed by atoms with Crippen LogP contribution in [-0.4, -0.2) is 68.2 Å². The van der Waals surface area contributed by atoms with Gasteiger partial charge in [-0.15, -0.1) is 10.2 Å². The molecule has 11 nitrogen and oxygen atoms in total. The molecule has 4 heterocycles. The Balaban J connectivity index is 1.11. The summed E-state index contributed by atoms with van der Waals surface area (Å²) in [5.74, 6) is 1.72. The Morgan fingerprint density at radius 2 is 1.97 bits per heavy atom. The van der Waals surface area contributed by atoms with Gasteiger partial charge in [0.2, 0.25) is 5.82 Å². The maximum atomic E-state index is 13.6. The zero-order chi connectivity index (χ0) is 25.9. The first-order valence-electron chi connectivity index (χ1n) is 12.7. The largest absolute Gasteiger partial charge is 0.496 e. The number of piperidine rings is 1. The van der Waals surface area contributed by atoms with Crippen LogP contribution in [0, 0.1) is 0 Å². The van der Waals surface area contributed by atoms with Crippen molar-refractivity contribution < 1.29 is 19.1 Å². The Kier molecular flexibility index (Phi) is 5.07. The summed E-state index contributed by atoms with van der Waals surface area (Å²) in [7, 11) is 1.62. The van der Waals surface area contributed by atoms with Gasteiger partial charge in [0.25, 0.3) is 11.8 Å². The molecule has 1 saturated carbocycles. The summed E-state index contributed by atoms with van der Waals surface area (Å²) in [6, 6.07) is 10.9. The predicted octanol–water partition coefficient (Wildman–Crippen LogP) is 3.06. The third-order valence-electron chi connectivity index (χ3n) is 7.64. The van der Waals surface area contributed by atoms with Crippen molar-refractivity contribution in [3.8, 4) is 22.9 Å². The molecule has 2 aliphatic heterocycles. The van der Waals surface area contributed by atoms with Crippen LogP contribution in [0.5, 0.6) is 11.5 Å². The average Bonchev–Trinajstić information content (AvgIpc) is 3.64. The van der Waals surface area contributed by atoms with E-state index in [-0.39, 0.29) is 11.8 Å². The van der Waals surface area contributed by atoms with Crippen LogP contribution >= 0.6 is 0 Å². The Hall–Kier alpha value is -4.54. The topological polar surface area (TPSA) is 135 Å². The Morgan fingerprint density at radius 3 is 2.71 bits per heavy atom. The van der Waals surface area contributed by atoms with E-state index in [4.69, 9.17) is 9.47 Å². The van der Waals surface area contributed by atoms with Gasteiger partial charge in [0.15, 0.2) is 5.72 Å². The van der Waals surface area contributed by atoms with Crippen LogP contribution in [0.15, 0.2) is 42.6 Å². The Morgan fingerprint density at radius 1 is 1.13 bits per heavy atom. The number of ether oxygens (including phenoxy) is 2. The van der Waals surface area contributed by atoms with E-state index in [0.717, 1.165) is 29.3 Å². The highest BCUT2D eigenvalue weighted by molar-refractivity contribution is 6.02. The van der Waals surface area contributed by atoms with Gasteiger partial charge in [0, 0.05) is 59.9 Å². The van der Waals surface area contributed by atoms with Gasteiger partial charge in [0.05, 0.1) is 18.4 Å². The fourth-order valence-electron chi connectivity index (χ4n) is 5.46. The molecule has 3 aliphatic rings. The number of rotatable bonds is 4. The summed E-state index contributed by atoms with van der Waals surface area (Å²) in [5, 5.41) is 18.9. The van der Waals surface area contributed by atoms with Crippen LogP contribution in [0.1, 0.15) is 58.0 Å². The second kappa shape index (κ2) is 8.51. The minimum Gasteiger partial charge on any atom is -0.496 e. The molecular formula is C27H25N7O4. The summed E-state index contributed by atoms with van der Waals surface area (Å²) in [6.07, 6.45) is 4.99. The summed E-state index contributed by atoms with van der Waals surface area (Å²) < 4.78 is 12.0. The van der Waals surface area contributed by atoms with Gasteiger partial charge in [0.1, 0.15) is 11.5 Å². The predicted molar refractivity (Wildman–Crippen MR) is 136 cm³/mol. The van der Waals surface area contributed by atoms with E-state index >= 15 is 0 Å². The van der Waals surface area contributed by atoms with Crippen LogP contribution in [-0.2, 0) is 0 Å². The van der Waals surface area contributed by atoms with Crippen LogP contribution < -0.4 is 14.8 Å². The van der Waals surface area contributed by atoms with Crippen molar-refractivity contribution >= 4 is 22.6 Å². The molecule has 1 spiro atoms. The third-order valence-corrected chi connectivity index (χ3v) is 7.64. The number of aromatic amines is 1. The highest BCUT2D eigenvalue weighted by Crippen LogP contribution is 2.43. The molecule has 2 fully saturated rings. The number of fused-ring (bicyclic) bond motifs is 2. The molecule has 1 saturated heterocycles. The number of benzene rings is 2. The van der Waals surface area contributed by atoms with Crippen molar-refractivity contribution in [1.82, 2.24) is 35.8 Å². The molecule has 2 aromatic heterocycles. The second-order valence-corrected chi connectivity index (χ2v) is 10.0. The fraction of sp³-hybridized carbons (Fsp3) is 0.333. The first-order chi connectivity index (χ1) is 18.5. The number of nitrogens with one attached hydrogen (secondary N) is 2. The first kappa shape index (κ1) is 22.6. The number of hydrogen-bond acceptors (Lipinski definition) is 8. The SMILES string of the molecule is COc1cc(C(=O)N2CCC3(CC2)NC(=O)c2cc(-c4nn[nH]n4)ccc2O3)cc2c(C3CC3)nccc12. The smallest absolute Gasteiger partial charge is 0.258 e. The summed E-state index contributed by atoms with van der Waals surface area (Å²) >= 11 is 0. The Bertz CT molecular complexity index is 1570. The molecule has 38 heavy (non-hydrogen) atoms. The minimum absolute atomic E-state index is 0.0714. The second-order valence-electron chi connectivity index (χ2n) is 10.0. The van der Waals surface area contributed by atoms with Crippen molar-refractivity contribution in [2.24, 2.45) is 0 Å². The molecule has 7 rings (SSSR count). The number of amides is 2. The van der Waals surface area contributed by atoms with Crippen molar-refractivity contribution in [2.45, 2.75) is 37.3 Å². The molecule has 2 aromatic carbocycles. The van der Waals surface area contributed by atoms with Gasteiger partial charge in [-0.25, -0.2) is 0 Å². The number of tetrazole rings is 1. The van der Waals surface area contributed by atoms with Gasteiger partial charge in [-0.2, -0.15) is 5.21 Å². The van der Waals surface area contributed by atoms with Crippen molar-refractivity contribution in [2.75, 3.05) is 20.2 Å². The number of nitrogens with zero attached hydrogens (tertiary/aromatic N) is 5. The molecule has 2 N–H and O–H groups in total. The van der Waals surface area contributed by atoms with E-state index in [9.17, 15) is 9.59 Å². The normalized spacial score (nSPS) is 18.1. The van der Waals surface area contributed by atoms with Gasteiger partial charge >= 0.3 is 0 Å². The fourth-order valence-corrected chi connectivity index (χ4v) is 5.46. The lowest BCUT2D eigenvalue weighted by Crippen LogP contribution is -2.61. The van der Waals surface area contributed by atoms with Crippen molar-refractivity contribution in [3.63, 3.8) is 0 Å². The zero-order valence-corrected chi connectivity index (χ0v) is 20.7. The maximum absolute atomic E-state index is 13.6. The number of pyridine rings is 1. The van der Waals surface area contributed by atoms with Crippen molar-refractivity contribution in [1.29, 1.82) is 0 Å². The monoisotopic (exact) mass is 511 g/mol. The van der Waals surface area contributed by atoms with Gasteiger partial charge in [-0.3, -0.25) is 14.6 Å². The van der Waals surface area contributed by atoms with E-state index in [0.29, 0.717) is 65.9 Å². The third kappa shape index (κ3) is 3.73. The van der Waals surface area contributed by atoms with Crippen molar-refractivity contribution in [3.05, 3.63) is 59.4 Å². The lowest BCUT2D eigenvalue weighted by atomic mass is 9.95. The highest BCUT2D eigenvalue weighted by atomic mass is 16.5. The number of aromatic nitrogens is 5. The van der Waals surface area contributed by atoms with Gasteiger partial charge in [-0.1, -0.05) is 0 Å². The number of carbonyl (C=O) groups excluding carboxylic acids is 2. The first-order valence-corrected chi connectivity index (χ1v) is 12.7. The zero-order valence-electron chi connectivity index (χ0n) is 20.7. The van der Waals surface area contributed by atoms with E-state index < -0.39 is 5.72 Å². The van der Waals surface area contributed by atoms with E-state index in [1.807, 2.05) is 29.3 Å². The summed E-state index contributed by atoms with van der Waals surface area (Å²) in [6.45, 7) is 0.885. The number of carbonyl (C=O) groups is 2. The lowest BCUT2D eigenvalue weighted by Gasteiger charge is -2.44. The number of H-pyrrole nitrogens is 1. The standard InChI is InChI=1S/C27H25N7O4/c1-37-22-14-17(13-19-18(22)6-9-28-23(19)15-2-3-15)26(36)34-10-7-27(8-11-34)29-25(35)20-12-16(4-5-21(20)38-27)24-30-32-33-31-24/h4-6,9,12-15H,2-3,7-8,10-11H2,1H3,(H,29,35)(H,30,31,32,33). The van der Waals surface area contributed by atoms with Crippen LogP contribution in [0.2, 0.25) is 0 Å². The molecule has 0 unspecified atom stereocenters. The molecule has 0 radical (unpaired) electrons. The number of hydrogen-bond donors (Lipinski definition) is 2. The average molecular weight is 512 g/mol. The molecule has 1 aliphatic carbocycles. The molecular weight excluding hydrogens is 486 g/mol. The van der Waals surface area contributed by atoms with E-state index in [1.54, 1.807) is 25.3 Å². The highest BCUT2D eigenvalue weighted by Gasteiger charge is 2.43. The van der Waals surface area contributed by atoms with Gasteiger partial charge < -0.3 is 19.7 Å². The molecule has 0 bridgehead atoms. The molecule has 2 amide bonds. The van der Waals surface area contributed by atoms with E-state index in [2.05, 4.69) is 30.9 Å². The summed E-state index contributed by atoms with van der Waals surface area (Å²) in [5.41, 5.74) is 1.83. The number of methoxy groups -OCH3 is 1. The minimum atomic E-state index is -0.862. The molecule has 0 atom stereocenters. The number of likely N-dealkylation sites (tertiary alicyclic amines) is 1. The van der Waals surface area contributed by atoms with Gasteiger partial charge in [-0.05, 0) is 54.5 Å². The molecule has 4 aromatic rings. The Labute approximate surface area is 217 Å². The summed E-state index contributed by atoms with van der Waals surface area (Å²) in [4.78, 5) is 33.1. The van der Waals surface area contributed by atoms with Crippen LogP contribution in [0.3, 0.4) is 0 Å². The lowest BCUT2D eigenvalue weighted by molar-refractivity contribution is -0.0245. The van der Waals surface area contributed by atoms with E-state index in [1.165, 1.54) is 0 Å². The molecule has 192 valence electrons. The quantitative estimate of drug-likeness (QED) is 0.427. The van der Waals surface area contributed by atoms with Crippen LogP contribution in [0.25, 0.3) is 22.2 Å². The maximum Gasteiger partial charge on any atom is 0.258 e. The molecule has 11 heteroatoms. The van der Waals surface area contributed by atoms with Crippen LogP contribution in [0.4, 0.5) is 0 Å².